The van der Waals surface area contributed by atoms with Crippen LogP contribution in [-0.4, -0.2) is 39.3 Å². The Labute approximate surface area is 179 Å². The number of amides is 1. The number of carbonyl (C=O) groups excluding carboxylic acids is 1. The van der Waals surface area contributed by atoms with E-state index in [9.17, 15) is 4.79 Å². The van der Waals surface area contributed by atoms with Crippen molar-refractivity contribution in [1.82, 2.24) is 5.32 Å². The number of methoxy groups -OCH3 is 1. The van der Waals surface area contributed by atoms with Gasteiger partial charge in [0.15, 0.2) is 0 Å². The van der Waals surface area contributed by atoms with Crippen LogP contribution in [0.1, 0.15) is 42.4 Å². The van der Waals surface area contributed by atoms with E-state index >= 15 is 0 Å². The molecule has 2 aromatic rings. The van der Waals surface area contributed by atoms with Gasteiger partial charge < -0.3 is 19.7 Å². The molecular formula is C25H32N2O3. The highest BCUT2D eigenvalue weighted by Gasteiger charge is 2.42. The van der Waals surface area contributed by atoms with E-state index in [1.54, 1.807) is 7.11 Å². The molecule has 2 fully saturated rings. The van der Waals surface area contributed by atoms with Crippen molar-refractivity contribution >= 4 is 11.6 Å². The Morgan fingerprint density at radius 2 is 1.87 bits per heavy atom. The van der Waals surface area contributed by atoms with Gasteiger partial charge in [0, 0.05) is 25.3 Å². The molecule has 1 saturated heterocycles. The van der Waals surface area contributed by atoms with Crippen molar-refractivity contribution in [2.45, 2.75) is 44.6 Å². The van der Waals surface area contributed by atoms with Crippen LogP contribution in [0.4, 0.5) is 5.69 Å². The van der Waals surface area contributed by atoms with Crippen molar-refractivity contribution < 1.29 is 14.3 Å². The Hall–Kier alpha value is -2.53. The Bertz CT molecular complexity index is 884. The minimum Gasteiger partial charge on any atom is -0.496 e. The van der Waals surface area contributed by atoms with Gasteiger partial charge >= 0.3 is 0 Å². The molecule has 1 aliphatic carbocycles. The van der Waals surface area contributed by atoms with Crippen LogP contribution in [0.15, 0.2) is 42.5 Å². The summed E-state index contributed by atoms with van der Waals surface area (Å²) >= 11 is 0. The van der Waals surface area contributed by atoms with Gasteiger partial charge in [-0.2, -0.15) is 0 Å². The lowest BCUT2D eigenvalue weighted by Crippen LogP contribution is -2.43. The fraction of sp³-hybridized carbons (Fsp3) is 0.480. The van der Waals surface area contributed by atoms with Crippen LogP contribution in [-0.2, 0) is 21.5 Å². The summed E-state index contributed by atoms with van der Waals surface area (Å²) < 4.78 is 11.0. The van der Waals surface area contributed by atoms with E-state index in [1.807, 2.05) is 13.0 Å². The number of anilines is 1. The number of para-hydroxylation sites is 1. The SMILES string of the molecule is COc1cc(C2(C(=O)NCc3ccccc3N3CCOCC3)CCCC2)ccc1C. The molecule has 0 spiro atoms. The minimum absolute atomic E-state index is 0.127. The number of rotatable bonds is 6. The first kappa shape index (κ1) is 20.7. The predicted molar refractivity (Wildman–Crippen MR) is 119 cm³/mol. The molecule has 0 aromatic heterocycles. The molecule has 0 radical (unpaired) electrons. The molecule has 1 aliphatic heterocycles. The molecule has 30 heavy (non-hydrogen) atoms. The molecule has 5 heteroatoms. The number of ether oxygens (including phenoxy) is 2. The average molecular weight is 409 g/mol. The third-order valence-electron chi connectivity index (χ3n) is 6.64. The van der Waals surface area contributed by atoms with Crippen molar-refractivity contribution in [2.75, 3.05) is 38.3 Å². The third-order valence-corrected chi connectivity index (χ3v) is 6.64. The largest absolute Gasteiger partial charge is 0.496 e. The van der Waals surface area contributed by atoms with Crippen LogP contribution in [0.5, 0.6) is 5.75 Å². The molecule has 2 aliphatic rings. The van der Waals surface area contributed by atoms with Crippen LogP contribution in [0.3, 0.4) is 0 Å². The lowest BCUT2D eigenvalue weighted by molar-refractivity contribution is -0.126. The lowest BCUT2D eigenvalue weighted by Gasteiger charge is -2.32. The standard InChI is InChI=1S/C25H32N2O3/c1-19-9-10-21(17-23(19)29-2)25(11-5-6-12-25)24(28)26-18-20-7-3-4-8-22(20)27-13-15-30-16-14-27/h3-4,7-10,17H,5-6,11-16,18H2,1-2H3,(H,26,28). The van der Waals surface area contributed by atoms with Crippen molar-refractivity contribution in [3.05, 3.63) is 59.2 Å². The molecule has 5 nitrogen and oxygen atoms in total. The number of morpholine rings is 1. The maximum Gasteiger partial charge on any atom is 0.230 e. The third kappa shape index (κ3) is 4.04. The van der Waals surface area contributed by atoms with Crippen LogP contribution in [0, 0.1) is 6.92 Å². The Morgan fingerprint density at radius 1 is 1.13 bits per heavy atom. The second-order valence-electron chi connectivity index (χ2n) is 8.38. The van der Waals surface area contributed by atoms with Crippen LogP contribution in [0.25, 0.3) is 0 Å². The van der Waals surface area contributed by atoms with E-state index in [0.29, 0.717) is 6.54 Å². The summed E-state index contributed by atoms with van der Waals surface area (Å²) in [4.78, 5) is 15.9. The summed E-state index contributed by atoms with van der Waals surface area (Å²) in [6.45, 7) is 5.85. The van der Waals surface area contributed by atoms with E-state index in [-0.39, 0.29) is 5.91 Å². The molecule has 4 rings (SSSR count). The molecule has 1 amide bonds. The van der Waals surface area contributed by atoms with Crippen molar-refractivity contribution in [3.63, 3.8) is 0 Å². The summed E-state index contributed by atoms with van der Waals surface area (Å²) in [5.74, 6) is 0.979. The maximum atomic E-state index is 13.5. The number of carbonyl (C=O) groups is 1. The summed E-state index contributed by atoms with van der Waals surface area (Å²) in [5, 5.41) is 3.27. The van der Waals surface area contributed by atoms with E-state index in [1.165, 1.54) is 5.69 Å². The van der Waals surface area contributed by atoms with E-state index in [2.05, 4.69) is 46.6 Å². The topological polar surface area (TPSA) is 50.8 Å². The molecule has 1 N–H and O–H groups in total. The number of hydrogen-bond donors (Lipinski definition) is 1. The van der Waals surface area contributed by atoms with Gasteiger partial charge in [0.25, 0.3) is 0 Å². The molecular weight excluding hydrogens is 376 g/mol. The zero-order valence-electron chi connectivity index (χ0n) is 18.1. The number of aryl methyl sites for hydroxylation is 1. The molecule has 0 unspecified atom stereocenters. The Kier molecular flexibility index (Phi) is 6.28. The van der Waals surface area contributed by atoms with E-state index < -0.39 is 5.41 Å². The van der Waals surface area contributed by atoms with Gasteiger partial charge in [0.2, 0.25) is 5.91 Å². The van der Waals surface area contributed by atoms with Gasteiger partial charge in [-0.15, -0.1) is 0 Å². The normalized spacial score (nSPS) is 18.3. The zero-order valence-corrected chi connectivity index (χ0v) is 18.1. The average Bonchev–Trinajstić information content (AvgIpc) is 3.30. The van der Waals surface area contributed by atoms with Gasteiger partial charge in [-0.05, 0) is 48.6 Å². The molecule has 0 bridgehead atoms. The smallest absolute Gasteiger partial charge is 0.230 e. The van der Waals surface area contributed by atoms with E-state index in [4.69, 9.17) is 9.47 Å². The van der Waals surface area contributed by atoms with Gasteiger partial charge in [-0.25, -0.2) is 0 Å². The first-order valence-electron chi connectivity index (χ1n) is 11.0. The van der Waals surface area contributed by atoms with Crippen LogP contribution in [0.2, 0.25) is 0 Å². The van der Waals surface area contributed by atoms with Crippen LogP contribution >= 0.6 is 0 Å². The zero-order chi connectivity index (χ0) is 21.0. The van der Waals surface area contributed by atoms with Gasteiger partial charge in [0.05, 0.1) is 25.7 Å². The maximum absolute atomic E-state index is 13.5. The van der Waals surface area contributed by atoms with Gasteiger partial charge in [-0.1, -0.05) is 43.2 Å². The minimum atomic E-state index is -0.463. The quantitative estimate of drug-likeness (QED) is 0.786. The Balaban J connectivity index is 1.54. The number of nitrogens with one attached hydrogen (secondary N) is 1. The molecule has 1 heterocycles. The monoisotopic (exact) mass is 408 g/mol. The molecule has 160 valence electrons. The summed E-state index contributed by atoms with van der Waals surface area (Å²) in [5.41, 5.74) is 4.05. The van der Waals surface area contributed by atoms with Crippen molar-refractivity contribution in [2.24, 2.45) is 0 Å². The summed E-state index contributed by atoms with van der Waals surface area (Å²) in [6, 6.07) is 14.6. The van der Waals surface area contributed by atoms with Gasteiger partial charge in [0.1, 0.15) is 5.75 Å². The predicted octanol–water partition coefficient (Wildman–Crippen LogP) is 3.97. The van der Waals surface area contributed by atoms with Gasteiger partial charge in [-0.3, -0.25) is 4.79 Å². The fourth-order valence-corrected chi connectivity index (χ4v) is 4.86. The number of hydrogen-bond acceptors (Lipinski definition) is 4. The second-order valence-corrected chi connectivity index (χ2v) is 8.38. The molecule has 2 aromatic carbocycles. The first-order chi connectivity index (χ1) is 14.6. The van der Waals surface area contributed by atoms with Crippen molar-refractivity contribution in [1.29, 1.82) is 0 Å². The van der Waals surface area contributed by atoms with Crippen LogP contribution < -0.4 is 15.0 Å². The number of nitrogens with zero attached hydrogens (tertiary/aromatic N) is 1. The van der Waals surface area contributed by atoms with E-state index in [0.717, 1.165) is 74.4 Å². The highest BCUT2D eigenvalue weighted by Crippen LogP contribution is 2.43. The lowest BCUT2D eigenvalue weighted by atomic mass is 9.77. The molecule has 0 atom stereocenters. The highest BCUT2D eigenvalue weighted by molar-refractivity contribution is 5.89. The van der Waals surface area contributed by atoms with Crippen molar-refractivity contribution in [3.8, 4) is 5.75 Å². The highest BCUT2D eigenvalue weighted by atomic mass is 16.5. The Morgan fingerprint density at radius 3 is 2.60 bits per heavy atom. The second kappa shape index (κ2) is 9.09. The number of benzene rings is 2. The fourth-order valence-electron chi connectivity index (χ4n) is 4.86. The molecule has 1 saturated carbocycles. The summed E-state index contributed by atoms with van der Waals surface area (Å²) in [7, 11) is 1.69. The first-order valence-corrected chi connectivity index (χ1v) is 11.0. The summed E-state index contributed by atoms with van der Waals surface area (Å²) in [6.07, 6.45) is 3.92.